The van der Waals surface area contributed by atoms with E-state index in [0.29, 0.717) is 19.6 Å². The van der Waals surface area contributed by atoms with Gasteiger partial charge in [0.15, 0.2) is 0 Å². The molecule has 4 heteroatoms. The van der Waals surface area contributed by atoms with E-state index < -0.39 is 5.60 Å². The number of carbonyl (C=O) groups is 1. The van der Waals surface area contributed by atoms with Crippen molar-refractivity contribution in [3.8, 4) is 5.75 Å². The molecule has 0 spiro atoms. The molecule has 0 bridgehead atoms. The molecule has 1 N–H and O–H groups in total. The molecule has 0 radical (unpaired) electrons. The molecular weight excluding hydrogens is 266 g/mol. The second-order valence-electron chi connectivity index (χ2n) is 5.24. The molecule has 1 rings (SSSR count). The molecule has 0 heterocycles. The third kappa shape index (κ3) is 5.38. The summed E-state index contributed by atoms with van der Waals surface area (Å²) >= 11 is 0. The van der Waals surface area contributed by atoms with Gasteiger partial charge in [0, 0.05) is 12.3 Å². The van der Waals surface area contributed by atoms with Gasteiger partial charge in [-0.3, -0.25) is 4.79 Å². The Morgan fingerprint density at radius 2 is 1.81 bits per heavy atom. The number of anilines is 1. The van der Waals surface area contributed by atoms with Crippen molar-refractivity contribution < 1.29 is 14.3 Å². The Balaban J connectivity index is 2.71. The summed E-state index contributed by atoms with van der Waals surface area (Å²) in [6.07, 6.45) is 2.50. The van der Waals surface area contributed by atoms with Crippen LogP contribution >= 0.6 is 0 Å². The molecule has 0 saturated heterocycles. The Morgan fingerprint density at radius 3 is 2.33 bits per heavy atom. The molecule has 0 aliphatic carbocycles. The average Bonchev–Trinajstić information content (AvgIpc) is 2.47. The monoisotopic (exact) mass is 293 g/mol. The van der Waals surface area contributed by atoms with E-state index in [4.69, 9.17) is 9.47 Å². The Labute approximate surface area is 127 Å². The van der Waals surface area contributed by atoms with E-state index in [9.17, 15) is 4.79 Å². The van der Waals surface area contributed by atoms with Crippen molar-refractivity contribution in [2.24, 2.45) is 0 Å². The molecule has 0 aliphatic rings. The smallest absolute Gasteiger partial charge is 0.256 e. The highest BCUT2D eigenvalue weighted by Gasteiger charge is 2.33. The Hall–Kier alpha value is -1.55. The maximum Gasteiger partial charge on any atom is 0.256 e. The number of nitrogens with one attached hydrogen (secondary N) is 1. The molecule has 1 amide bonds. The summed E-state index contributed by atoms with van der Waals surface area (Å²) in [6.45, 7) is 9.11. The molecule has 0 saturated carbocycles. The van der Waals surface area contributed by atoms with Gasteiger partial charge in [-0.1, -0.05) is 20.3 Å². The van der Waals surface area contributed by atoms with Gasteiger partial charge in [-0.2, -0.15) is 0 Å². The number of rotatable bonds is 9. The van der Waals surface area contributed by atoms with Gasteiger partial charge >= 0.3 is 0 Å². The fourth-order valence-electron chi connectivity index (χ4n) is 2.12. The maximum atomic E-state index is 12.5. The lowest BCUT2D eigenvalue weighted by molar-refractivity contribution is -0.140. The zero-order valence-corrected chi connectivity index (χ0v) is 13.6. The molecule has 0 aromatic heterocycles. The second kappa shape index (κ2) is 8.67. The summed E-state index contributed by atoms with van der Waals surface area (Å²) in [5.74, 6) is 0.705. The lowest BCUT2D eigenvalue weighted by atomic mass is 9.99. The maximum absolute atomic E-state index is 12.5. The number of carbonyl (C=O) groups excluding carboxylic acids is 1. The van der Waals surface area contributed by atoms with Crippen molar-refractivity contribution in [3.05, 3.63) is 24.3 Å². The van der Waals surface area contributed by atoms with Crippen LogP contribution in [0.1, 0.15) is 47.0 Å². The van der Waals surface area contributed by atoms with E-state index in [1.54, 1.807) is 0 Å². The van der Waals surface area contributed by atoms with Crippen molar-refractivity contribution in [2.75, 3.05) is 18.5 Å². The minimum Gasteiger partial charge on any atom is -0.494 e. The van der Waals surface area contributed by atoms with Gasteiger partial charge in [-0.05, 0) is 51.0 Å². The predicted octanol–water partition coefficient (Wildman–Crippen LogP) is 4.01. The van der Waals surface area contributed by atoms with Crippen molar-refractivity contribution in [3.63, 3.8) is 0 Å². The summed E-state index contributed by atoms with van der Waals surface area (Å²) in [6, 6.07) is 7.39. The molecule has 0 fully saturated rings. The molecule has 118 valence electrons. The first-order valence-corrected chi connectivity index (χ1v) is 7.74. The largest absolute Gasteiger partial charge is 0.494 e. The van der Waals surface area contributed by atoms with Crippen LogP contribution in [0.5, 0.6) is 5.75 Å². The van der Waals surface area contributed by atoms with Crippen molar-refractivity contribution in [2.45, 2.75) is 52.6 Å². The number of ether oxygens (including phenoxy) is 2. The molecule has 1 atom stereocenters. The summed E-state index contributed by atoms with van der Waals surface area (Å²) in [5, 5.41) is 2.93. The summed E-state index contributed by atoms with van der Waals surface area (Å²) < 4.78 is 11.2. The average molecular weight is 293 g/mol. The van der Waals surface area contributed by atoms with E-state index in [-0.39, 0.29) is 5.91 Å². The van der Waals surface area contributed by atoms with Gasteiger partial charge < -0.3 is 14.8 Å². The Bertz CT molecular complexity index is 430. The Kier molecular flexibility index (Phi) is 7.23. The third-order valence-electron chi connectivity index (χ3n) is 3.26. The van der Waals surface area contributed by atoms with Crippen molar-refractivity contribution >= 4 is 11.6 Å². The van der Waals surface area contributed by atoms with Crippen LogP contribution in [0.3, 0.4) is 0 Å². The van der Waals surface area contributed by atoms with Crippen LogP contribution in [0.25, 0.3) is 0 Å². The van der Waals surface area contributed by atoms with Gasteiger partial charge in [-0.15, -0.1) is 0 Å². The minimum atomic E-state index is -0.774. The topological polar surface area (TPSA) is 47.6 Å². The predicted molar refractivity (Wildman–Crippen MR) is 85.8 cm³/mol. The molecule has 1 aromatic carbocycles. The van der Waals surface area contributed by atoms with Crippen LogP contribution in [0.2, 0.25) is 0 Å². The standard InChI is InChI=1S/C17H27NO3/c1-5-12-17(4,21-13-6-2)16(19)18-14-8-10-15(11-9-14)20-7-3/h8-11H,5-7,12-13H2,1-4H3,(H,18,19). The normalized spacial score (nSPS) is 13.5. The summed E-state index contributed by atoms with van der Waals surface area (Å²) in [7, 11) is 0. The number of hydrogen-bond donors (Lipinski definition) is 1. The van der Waals surface area contributed by atoms with Crippen molar-refractivity contribution in [1.29, 1.82) is 0 Å². The van der Waals surface area contributed by atoms with E-state index in [2.05, 4.69) is 12.2 Å². The van der Waals surface area contributed by atoms with Crippen LogP contribution in [-0.4, -0.2) is 24.7 Å². The molecular formula is C17H27NO3. The first-order chi connectivity index (χ1) is 10.1. The van der Waals surface area contributed by atoms with Gasteiger partial charge in [0.2, 0.25) is 0 Å². The summed E-state index contributed by atoms with van der Waals surface area (Å²) in [4.78, 5) is 12.5. The van der Waals surface area contributed by atoms with Crippen LogP contribution < -0.4 is 10.1 Å². The number of benzene rings is 1. The molecule has 1 aromatic rings. The minimum absolute atomic E-state index is 0.0954. The zero-order valence-electron chi connectivity index (χ0n) is 13.6. The fourth-order valence-corrected chi connectivity index (χ4v) is 2.12. The van der Waals surface area contributed by atoms with Gasteiger partial charge in [0.25, 0.3) is 5.91 Å². The highest BCUT2D eigenvalue weighted by atomic mass is 16.5. The number of amides is 1. The van der Waals surface area contributed by atoms with Gasteiger partial charge in [0.05, 0.1) is 6.61 Å². The first-order valence-electron chi connectivity index (χ1n) is 7.74. The van der Waals surface area contributed by atoms with Crippen LogP contribution in [0.4, 0.5) is 5.69 Å². The molecule has 21 heavy (non-hydrogen) atoms. The van der Waals surface area contributed by atoms with Crippen molar-refractivity contribution in [1.82, 2.24) is 0 Å². The van der Waals surface area contributed by atoms with Gasteiger partial charge in [0.1, 0.15) is 11.4 Å². The molecule has 1 unspecified atom stereocenters. The van der Waals surface area contributed by atoms with E-state index in [1.807, 2.05) is 45.0 Å². The van der Waals surface area contributed by atoms with Gasteiger partial charge in [-0.25, -0.2) is 0 Å². The molecule has 0 aliphatic heterocycles. The van der Waals surface area contributed by atoms with Crippen LogP contribution in [0.15, 0.2) is 24.3 Å². The van der Waals surface area contributed by atoms with E-state index in [1.165, 1.54) is 0 Å². The van der Waals surface area contributed by atoms with E-state index >= 15 is 0 Å². The highest BCUT2D eigenvalue weighted by molar-refractivity contribution is 5.97. The van der Waals surface area contributed by atoms with Crippen LogP contribution in [-0.2, 0) is 9.53 Å². The lowest BCUT2D eigenvalue weighted by Crippen LogP contribution is -2.43. The fraction of sp³-hybridized carbons (Fsp3) is 0.588. The SMILES string of the molecule is CCCOC(C)(CCC)C(=O)Nc1ccc(OCC)cc1. The zero-order chi connectivity index (χ0) is 15.7. The quantitative estimate of drug-likeness (QED) is 0.748. The highest BCUT2D eigenvalue weighted by Crippen LogP contribution is 2.22. The van der Waals surface area contributed by atoms with E-state index in [0.717, 1.165) is 24.3 Å². The Morgan fingerprint density at radius 1 is 1.14 bits per heavy atom. The molecule has 4 nitrogen and oxygen atoms in total. The first kappa shape index (κ1) is 17.5. The lowest BCUT2D eigenvalue weighted by Gasteiger charge is -2.28. The van der Waals surface area contributed by atoms with Crippen LogP contribution in [0, 0.1) is 0 Å². The second-order valence-corrected chi connectivity index (χ2v) is 5.24. The summed E-state index contributed by atoms with van der Waals surface area (Å²) in [5.41, 5.74) is -0.0190. The number of hydrogen-bond acceptors (Lipinski definition) is 3. The third-order valence-corrected chi connectivity index (χ3v) is 3.26.